The SMILES string of the molecule is CC1=C/C(=N\S(=O)(=O)c2ccccc2)C(C)=CC1=O. The highest BCUT2D eigenvalue weighted by molar-refractivity contribution is 7.90. The standard InChI is InChI=1S/C14H13NO3S/c1-10-9-14(16)11(2)8-13(10)15-19(17,18)12-6-4-3-5-7-12/h3-9H,1-2H3/b15-13+. The highest BCUT2D eigenvalue weighted by Crippen LogP contribution is 2.17. The third-order valence-corrected chi connectivity index (χ3v) is 4.06. The number of allylic oxidation sites excluding steroid dienone is 4. The van der Waals surface area contributed by atoms with Gasteiger partial charge in [-0.15, -0.1) is 0 Å². The lowest BCUT2D eigenvalue weighted by molar-refractivity contribution is -0.111. The molecule has 4 nitrogen and oxygen atoms in total. The van der Waals surface area contributed by atoms with Gasteiger partial charge >= 0.3 is 0 Å². The number of hydrogen-bond acceptors (Lipinski definition) is 3. The second-order valence-corrected chi connectivity index (χ2v) is 5.89. The second kappa shape index (κ2) is 4.93. The Balaban J connectivity index is 2.48. The molecule has 0 N–H and O–H groups in total. The number of rotatable bonds is 2. The van der Waals surface area contributed by atoms with Gasteiger partial charge in [-0.2, -0.15) is 12.8 Å². The van der Waals surface area contributed by atoms with Gasteiger partial charge in [0.2, 0.25) is 0 Å². The van der Waals surface area contributed by atoms with Crippen molar-refractivity contribution in [3.05, 3.63) is 53.6 Å². The molecule has 0 fully saturated rings. The molecule has 1 aromatic carbocycles. The molecule has 0 atom stereocenters. The van der Waals surface area contributed by atoms with Gasteiger partial charge in [0.25, 0.3) is 10.0 Å². The molecule has 1 aliphatic rings. The van der Waals surface area contributed by atoms with Crippen molar-refractivity contribution in [2.45, 2.75) is 18.7 Å². The predicted molar refractivity (Wildman–Crippen MR) is 73.6 cm³/mol. The van der Waals surface area contributed by atoms with Gasteiger partial charge in [-0.1, -0.05) is 18.2 Å². The van der Waals surface area contributed by atoms with E-state index in [2.05, 4.69) is 4.40 Å². The van der Waals surface area contributed by atoms with Crippen LogP contribution in [-0.2, 0) is 14.8 Å². The van der Waals surface area contributed by atoms with Crippen molar-refractivity contribution in [3.63, 3.8) is 0 Å². The molecule has 0 bridgehead atoms. The molecular formula is C14H13NO3S. The van der Waals surface area contributed by atoms with Crippen LogP contribution in [0, 0.1) is 0 Å². The van der Waals surface area contributed by atoms with Crippen LogP contribution >= 0.6 is 0 Å². The van der Waals surface area contributed by atoms with Crippen molar-refractivity contribution in [1.82, 2.24) is 0 Å². The van der Waals surface area contributed by atoms with E-state index in [0.717, 1.165) is 0 Å². The van der Waals surface area contributed by atoms with Crippen LogP contribution in [0.2, 0.25) is 0 Å². The Morgan fingerprint density at radius 1 is 0.947 bits per heavy atom. The van der Waals surface area contributed by atoms with Gasteiger partial charge in [-0.3, -0.25) is 4.79 Å². The molecular weight excluding hydrogens is 262 g/mol. The van der Waals surface area contributed by atoms with Crippen molar-refractivity contribution >= 4 is 21.5 Å². The number of ketones is 1. The fraction of sp³-hybridized carbons (Fsp3) is 0.143. The minimum atomic E-state index is -3.74. The van der Waals surface area contributed by atoms with E-state index in [9.17, 15) is 13.2 Å². The first kappa shape index (κ1) is 13.4. The summed E-state index contributed by atoms with van der Waals surface area (Å²) < 4.78 is 28.0. The highest BCUT2D eigenvalue weighted by atomic mass is 32.2. The summed E-state index contributed by atoms with van der Waals surface area (Å²) in [5, 5.41) is 0. The third-order valence-electron chi connectivity index (χ3n) is 2.75. The summed E-state index contributed by atoms with van der Waals surface area (Å²) in [6.45, 7) is 3.30. The zero-order valence-electron chi connectivity index (χ0n) is 10.6. The molecule has 0 amide bonds. The molecule has 0 radical (unpaired) electrons. The zero-order chi connectivity index (χ0) is 14.0. The van der Waals surface area contributed by atoms with E-state index in [1.54, 1.807) is 32.0 Å². The molecule has 0 heterocycles. The lowest BCUT2D eigenvalue weighted by atomic mass is 9.99. The maximum atomic E-state index is 12.1. The molecule has 0 saturated heterocycles. The second-order valence-electron chi connectivity index (χ2n) is 4.28. The first-order valence-corrected chi connectivity index (χ1v) is 7.15. The van der Waals surface area contributed by atoms with E-state index in [1.807, 2.05) is 0 Å². The number of nitrogens with zero attached hydrogens (tertiary/aromatic N) is 1. The molecule has 1 aromatic rings. The van der Waals surface area contributed by atoms with Crippen LogP contribution in [0.1, 0.15) is 13.8 Å². The molecule has 2 rings (SSSR count). The smallest absolute Gasteiger partial charge is 0.282 e. The molecule has 0 saturated carbocycles. The van der Waals surface area contributed by atoms with Crippen LogP contribution in [0.4, 0.5) is 0 Å². The summed E-state index contributed by atoms with van der Waals surface area (Å²) in [4.78, 5) is 11.6. The quantitative estimate of drug-likeness (QED) is 0.778. The Morgan fingerprint density at radius 3 is 2.21 bits per heavy atom. The third kappa shape index (κ3) is 2.88. The first-order valence-electron chi connectivity index (χ1n) is 5.71. The first-order chi connectivity index (χ1) is 8.90. The van der Waals surface area contributed by atoms with Crippen molar-refractivity contribution < 1.29 is 13.2 Å². The molecule has 0 aliphatic heterocycles. The largest absolute Gasteiger partial charge is 0.290 e. The number of hydrogen-bond donors (Lipinski definition) is 0. The fourth-order valence-corrected chi connectivity index (χ4v) is 2.71. The van der Waals surface area contributed by atoms with E-state index in [1.165, 1.54) is 24.3 Å². The van der Waals surface area contributed by atoms with Crippen LogP contribution in [0.5, 0.6) is 0 Å². The Hall–Kier alpha value is -2.01. The molecule has 0 spiro atoms. The van der Waals surface area contributed by atoms with Gasteiger partial charge in [0.15, 0.2) is 5.78 Å². The van der Waals surface area contributed by atoms with E-state index in [0.29, 0.717) is 16.9 Å². The maximum absolute atomic E-state index is 12.1. The minimum Gasteiger partial charge on any atom is -0.290 e. The molecule has 5 heteroatoms. The number of carbonyl (C=O) groups is 1. The Morgan fingerprint density at radius 2 is 1.58 bits per heavy atom. The average Bonchev–Trinajstić information content (AvgIpc) is 2.37. The van der Waals surface area contributed by atoms with Gasteiger partial charge < -0.3 is 0 Å². The summed E-state index contributed by atoms with van der Waals surface area (Å²) >= 11 is 0. The summed E-state index contributed by atoms with van der Waals surface area (Å²) in [5.41, 5.74) is 1.34. The van der Waals surface area contributed by atoms with Crippen molar-refractivity contribution in [2.75, 3.05) is 0 Å². The van der Waals surface area contributed by atoms with Crippen LogP contribution in [0.25, 0.3) is 0 Å². The average molecular weight is 275 g/mol. The van der Waals surface area contributed by atoms with Gasteiger partial charge in [-0.25, -0.2) is 0 Å². The number of carbonyl (C=O) groups excluding carboxylic acids is 1. The van der Waals surface area contributed by atoms with Gasteiger partial charge in [0.05, 0.1) is 10.6 Å². The Kier molecular flexibility index (Phi) is 3.48. The molecule has 1 aliphatic carbocycles. The van der Waals surface area contributed by atoms with Crippen LogP contribution in [-0.4, -0.2) is 19.9 Å². The highest BCUT2D eigenvalue weighted by Gasteiger charge is 2.17. The van der Waals surface area contributed by atoms with Gasteiger partial charge in [0, 0.05) is 0 Å². The van der Waals surface area contributed by atoms with Gasteiger partial charge in [-0.05, 0) is 49.3 Å². The van der Waals surface area contributed by atoms with E-state index < -0.39 is 10.0 Å². The van der Waals surface area contributed by atoms with E-state index in [4.69, 9.17) is 0 Å². The Bertz CT molecular complexity index is 710. The minimum absolute atomic E-state index is 0.117. The molecule has 0 unspecified atom stereocenters. The van der Waals surface area contributed by atoms with Crippen molar-refractivity contribution in [1.29, 1.82) is 0 Å². The maximum Gasteiger partial charge on any atom is 0.282 e. The number of benzene rings is 1. The lowest BCUT2D eigenvalue weighted by Crippen LogP contribution is -2.12. The predicted octanol–water partition coefficient (Wildman–Crippen LogP) is 2.29. The van der Waals surface area contributed by atoms with Gasteiger partial charge in [0.1, 0.15) is 0 Å². The summed E-state index contributed by atoms with van der Waals surface area (Å²) in [6, 6.07) is 8.00. The van der Waals surface area contributed by atoms with E-state index in [-0.39, 0.29) is 10.7 Å². The molecule has 0 aromatic heterocycles. The molecule has 98 valence electrons. The summed E-state index contributed by atoms with van der Waals surface area (Å²) in [7, 11) is -3.74. The fourth-order valence-electron chi connectivity index (χ4n) is 1.65. The van der Waals surface area contributed by atoms with Crippen molar-refractivity contribution in [2.24, 2.45) is 4.40 Å². The lowest BCUT2D eigenvalue weighted by Gasteiger charge is -2.09. The zero-order valence-corrected chi connectivity index (χ0v) is 11.4. The van der Waals surface area contributed by atoms with E-state index >= 15 is 0 Å². The monoisotopic (exact) mass is 275 g/mol. The summed E-state index contributed by atoms with van der Waals surface area (Å²) in [5.74, 6) is -0.117. The Labute approximate surface area is 112 Å². The summed E-state index contributed by atoms with van der Waals surface area (Å²) in [6.07, 6.45) is 2.90. The molecule has 19 heavy (non-hydrogen) atoms. The van der Waals surface area contributed by atoms with Crippen molar-refractivity contribution in [3.8, 4) is 0 Å². The van der Waals surface area contributed by atoms with Crippen LogP contribution < -0.4 is 0 Å². The van der Waals surface area contributed by atoms with Crippen LogP contribution in [0.3, 0.4) is 0 Å². The topological polar surface area (TPSA) is 63.6 Å². The van der Waals surface area contributed by atoms with Crippen LogP contribution in [0.15, 0.2) is 62.9 Å². The normalized spacial score (nSPS) is 18.2. The number of sulfonamides is 1.